The van der Waals surface area contributed by atoms with Crippen LogP contribution in [0.25, 0.3) is 22.1 Å². The monoisotopic (exact) mass is 602 g/mol. The molecule has 0 radical (unpaired) electrons. The average Bonchev–Trinajstić information content (AvgIpc) is 3.34. The topological polar surface area (TPSA) is 19.7 Å². The zero-order valence-corrected chi connectivity index (χ0v) is 23.3. The van der Waals surface area contributed by atoms with Crippen LogP contribution < -0.4 is 0 Å². The van der Waals surface area contributed by atoms with Gasteiger partial charge in [0, 0.05) is 0 Å². The maximum atomic E-state index is 3.38. The van der Waals surface area contributed by atoms with Gasteiger partial charge in [0.1, 0.15) is 0 Å². The molecule has 6 rings (SSSR count). The Labute approximate surface area is 225 Å². The van der Waals surface area contributed by atoms with Crippen LogP contribution in [0.2, 0.25) is 0 Å². The quantitative estimate of drug-likeness (QED) is 0.219. The molecule has 4 aromatic carbocycles. The summed E-state index contributed by atoms with van der Waals surface area (Å²) in [7, 11) is 0. The molecular formula is C30H26N4Se2. The first kappa shape index (κ1) is 23.3. The van der Waals surface area contributed by atoms with Crippen molar-refractivity contribution in [1.82, 2.24) is 18.3 Å². The van der Waals surface area contributed by atoms with Crippen molar-refractivity contribution in [1.29, 1.82) is 0 Å². The minimum atomic E-state index is 0.840. The number of nitrogens with zero attached hydrogens (tertiary/aromatic N) is 4. The number of para-hydroxylation sites is 4. The Morgan fingerprint density at radius 2 is 0.694 bits per heavy atom. The fraction of sp³-hybridized carbons (Fsp3) is 0.133. The molecule has 36 heavy (non-hydrogen) atoms. The number of aromatic nitrogens is 4. The second kappa shape index (κ2) is 10.1. The molecule has 0 bridgehead atoms. The molecule has 0 aliphatic rings. The van der Waals surface area contributed by atoms with E-state index in [-0.39, 0.29) is 0 Å². The molecule has 0 atom stereocenters. The second-order valence-corrected chi connectivity index (χ2v) is 10.5. The van der Waals surface area contributed by atoms with Gasteiger partial charge in [0.05, 0.1) is 0 Å². The molecule has 0 aliphatic carbocycles. The SMILES string of the molecule is [Se]=c1n(CCn2c(=[Se])n(Cc3ccccc3)c3ccccc32)c2ccccc2n1Cc1ccccc1. The molecule has 0 amide bonds. The van der Waals surface area contributed by atoms with Crippen molar-refractivity contribution in [3.63, 3.8) is 0 Å². The van der Waals surface area contributed by atoms with Crippen molar-refractivity contribution in [2.24, 2.45) is 0 Å². The van der Waals surface area contributed by atoms with E-state index in [2.05, 4.69) is 159 Å². The van der Waals surface area contributed by atoms with Gasteiger partial charge in [-0.15, -0.1) is 0 Å². The van der Waals surface area contributed by atoms with Crippen LogP contribution in [-0.4, -0.2) is 49.4 Å². The maximum absolute atomic E-state index is 3.38. The van der Waals surface area contributed by atoms with Gasteiger partial charge in [-0.05, 0) is 0 Å². The Hall–Kier alpha value is -3.14. The van der Waals surface area contributed by atoms with Crippen molar-refractivity contribution in [3.05, 3.63) is 129 Å². The van der Waals surface area contributed by atoms with Gasteiger partial charge in [0.15, 0.2) is 0 Å². The number of imidazole rings is 2. The molecule has 0 fully saturated rings. The van der Waals surface area contributed by atoms with E-state index in [0.29, 0.717) is 0 Å². The van der Waals surface area contributed by atoms with Gasteiger partial charge < -0.3 is 0 Å². The summed E-state index contributed by atoms with van der Waals surface area (Å²) in [5.74, 6) is 0. The van der Waals surface area contributed by atoms with Gasteiger partial charge in [-0.3, -0.25) is 0 Å². The Kier molecular flexibility index (Phi) is 6.52. The van der Waals surface area contributed by atoms with E-state index in [0.717, 1.165) is 34.8 Å². The van der Waals surface area contributed by atoms with Crippen LogP contribution in [0.1, 0.15) is 11.1 Å². The van der Waals surface area contributed by atoms with E-state index in [4.69, 9.17) is 0 Å². The molecule has 0 aliphatic heterocycles. The summed E-state index contributed by atoms with van der Waals surface area (Å²) in [6, 6.07) is 38.7. The molecule has 0 saturated heterocycles. The minimum absolute atomic E-state index is 0.840. The molecule has 0 saturated carbocycles. The standard InChI is InChI=1S/C30H26N4Se2/c35-29-31(25-15-7-9-17-27(25)33(29)21-23-11-3-1-4-12-23)19-20-32-26-16-8-10-18-28(26)34(30(32)36)22-24-13-5-2-6-14-24/h1-18H,19-22H2. The molecule has 0 spiro atoms. The number of benzene rings is 4. The van der Waals surface area contributed by atoms with Gasteiger partial charge in [0.2, 0.25) is 0 Å². The van der Waals surface area contributed by atoms with Crippen LogP contribution in [0.15, 0.2) is 109 Å². The van der Waals surface area contributed by atoms with Crippen LogP contribution in [0.4, 0.5) is 0 Å². The van der Waals surface area contributed by atoms with E-state index < -0.39 is 0 Å². The van der Waals surface area contributed by atoms with E-state index in [9.17, 15) is 0 Å². The van der Waals surface area contributed by atoms with Crippen molar-refractivity contribution in [2.45, 2.75) is 26.2 Å². The van der Waals surface area contributed by atoms with Crippen molar-refractivity contribution >= 4 is 53.2 Å². The predicted octanol–water partition coefficient (Wildman–Crippen LogP) is 5.40. The van der Waals surface area contributed by atoms with Crippen LogP contribution in [0.5, 0.6) is 0 Å². The normalized spacial score (nSPS) is 11.4. The summed E-state index contributed by atoms with van der Waals surface area (Å²) in [4.78, 5) is 0. The third-order valence-electron chi connectivity index (χ3n) is 6.76. The third kappa shape index (κ3) is 4.31. The van der Waals surface area contributed by atoms with Gasteiger partial charge in [-0.1, -0.05) is 0 Å². The number of hydrogen-bond acceptors (Lipinski definition) is 0. The zero-order chi connectivity index (χ0) is 24.5. The molecule has 2 aromatic heterocycles. The summed E-state index contributed by atoms with van der Waals surface area (Å²) in [5.41, 5.74) is 7.58. The van der Waals surface area contributed by atoms with Crippen LogP contribution in [0.3, 0.4) is 0 Å². The summed E-state index contributed by atoms with van der Waals surface area (Å²) >= 11 is 6.76. The van der Waals surface area contributed by atoms with E-state index in [1.54, 1.807) is 0 Å². The number of hydrogen-bond donors (Lipinski definition) is 0. The second-order valence-electron chi connectivity index (χ2n) is 8.99. The molecule has 6 heteroatoms. The van der Waals surface area contributed by atoms with Crippen LogP contribution in [0, 0.1) is 8.65 Å². The summed E-state index contributed by atoms with van der Waals surface area (Å²) in [5, 5.41) is 0. The molecule has 178 valence electrons. The summed E-state index contributed by atoms with van der Waals surface area (Å²) in [6.45, 7) is 3.41. The number of fused-ring (bicyclic) bond motifs is 2. The Balaban J connectivity index is 1.38. The van der Waals surface area contributed by atoms with Gasteiger partial charge in [-0.25, -0.2) is 0 Å². The first-order valence-electron chi connectivity index (χ1n) is 12.1. The fourth-order valence-corrected chi connectivity index (χ4v) is 6.49. The molecule has 6 aromatic rings. The number of rotatable bonds is 7. The van der Waals surface area contributed by atoms with Gasteiger partial charge in [-0.2, -0.15) is 0 Å². The van der Waals surface area contributed by atoms with Crippen molar-refractivity contribution in [2.75, 3.05) is 0 Å². The first-order chi connectivity index (χ1) is 17.7. The molecule has 4 nitrogen and oxygen atoms in total. The molecule has 0 unspecified atom stereocenters. The van der Waals surface area contributed by atoms with Gasteiger partial charge in [0.25, 0.3) is 0 Å². The Morgan fingerprint density at radius 3 is 1.06 bits per heavy atom. The van der Waals surface area contributed by atoms with Gasteiger partial charge >= 0.3 is 227 Å². The summed E-state index contributed by atoms with van der Waals surface area (Å²) in [6.07, 6.45) is 0. The van der Waals surface area contributed by atoms with E-state index >= 15 is 0 Å². The Morgan fingerprint density at radius 1 is 0.389 bits per heavy atom. The predicted molar refractivity (Wildman–Crippen MR) is 149 cm³/mol. The van der Waals surface area contributed by atoms with Crippen LogP contribution >= 0.6 is 0 Å². The molecular weight excluding hydrogens is 574 g/mol. The zero-order valence-electron chi connectivity index (χ0n) is 19.8. The van der Waals surface area contributed by atoms with E-state index in [1.807, 2.05) is 0 Å². The van der Waals surface area contributed by atoms with E-state index in [1.165, 1.54) is 33.2 Å². The van der Waals surface area contributed by atoms with Crippen molar-refractivity contribution in [3.8, 4) is 0 Å². The summed E-state index contributed by atoms with van der Waals surface area (Å²) < 4.78 is 11.9. The average molecular weight is 600 g/mol. The Bertz CT molecular complexity index is 1640. The molecule has 0 N–H and O–H groups in total. The first-order valence-corrected chi connectivity index (χ1v) is 13.9. The molecule has 2 heterocycles. The van der Waals surface area contributed by atoms with Crippen LogP contribution in [-0.2, 0) is 26.2 Å². The third-order valence-corrected chi connectivity index (χ3v) is 8.61. The number of aryl methyl sites for hydroxylation is 2. The fourth-order valence-electron chi connectivity index (χ4n) is 5.01. The van der Waals surface area contributed by atoms with Crippen molar-refractivity contribution < 1.29 is 0 Å².